The summed E-state index contributed by atoms with van der Waals surface area (Å²) in [6.07, 6.45) is 2.06. The molecule has 0 bridgehead atoms. The number of thiophene rings is 1. The van der Waals surface area contributed by atoms with Gasteiger partial charge in [-0.3, -0.25) is 0 Å². The first-order valence-electron chi connectivity index (χ1n) is 6.08. The number of aromatic nitrogens is 1. The Balaban J connectivity index is 2.07. The molecule has 0 saturated heterocycles. The maximum absolute atomic E-state index is 12.3. The molecule has 2 aromatic heterocycles. The average molecular weight is 312 g/mol. The van der Waals surface area contributed by atoms with Gasteiger partial charge in [-0.05, 0) is 29.5 Å². The normalized spacial score (nSPS) is 11.9. The Morgan fingerprint density at radius 2 is 2.15 bits per heavy atom. The Morgan fingerprint density at radius 1 is 1.35 bits per heavy atom. The lowest BCUT2D eigenvalue weighted by atomic mass is 10.3. The average Bonchev–Trinajstić information content (AvgIpc) is 2.98. The van der Waals surface area contributed by atoms with E-state index in [9.17, 15) is 8.42 Å². The van der Waals surface area contributed by atoms with Crippen LogP contribution in [-0.4, -0.2) is 36.4 Å². The molecule has 0 unspecified atom stereocenters. The minimum absolute atomic E-state index is 0.00313. The van der Waals surface area contributed by atoms with Crippen LogP contribution in [0.4, 0.5) is 0 Å². The van der Waals surface area contributed by atoms with Crippen LogP contribution in [0.3, 0.4) is 0 Å². The van der Waals surface area contributed by atoms with E-state index >= 15 is 0 Å². The molecule has 0 spiro atoms. The smallest absolute Gasteiger partial charge is 0.260 e. The van der Waals surface area contributed by atoms with Crippen molar-refractivity contribution in [2.24, 2.45) is 0 Å². The SMILES string of the molecule is CN(CCc1cccs1)S(=O)(=O)c1ccc(CO)cn1. The Bertz CT molecular complexity index is 637. The van der Waals surface area contributed by atoms with Crippen molar-refractivity contribution in [2.75, 3.05) is 13.6 Å². The van der Waals surface area contributed by atoms with E-state index < -0.39 is 10.0 Å². The van der Waals surface area contributed by atoms with Crippen molar-refractivity contribution in [1.82, 2.24) is 9.29 Å². The Kier molecular flexibility index (Phi) is 4.87. The van der Waals surface area contributed by atoms with E-state index in [1.807, 2.05) is 17.5 Å². The van der Waals surface area contributed by atoms with Gasteiger partial charge in [0.05, 0.1) is 6.61 Å². The van der Waals surface area contributed by atoms with Crippen LogP contribution < -0.4 is 0 Å². The largest absolute Gasteiger partial charge is 0.392 e. The fraction of sp³-hybridized carbons (Fsp3) is 0.308. The van der Waals surface area contributed by atoms with Crippen molar-refractivity contribution in [3.63, 3.8) is 0 Å². The summed E-state index contributed by atoms with van der Waals surface area (Å²) < 4.78 is 25.9. The molecular formula is C13H16N2O3S2. The third-order valence-electron chi connectivity index (χ3n) is 2.91. The summed E-state index contributed by atoms with van der Waals surface area (Å²) in [7, 11) is -2.03. The van der Waals surface area contributed by atoms with Crippen LogP contribution in [0.5, 0.6) is 0 Å². The van der Waals surface area contributed by atoms with Crippen LogP contribution in [0.15, 0.2) is 40.9 Å². The number of pyridine rings is 1. The lowest BCUT2D eigenvalue weighted by molar-refractivity contribution is 0.281. The molecule has 2 rings (SSSR count). The summed E-state index contributed by atoms with van der Waals surface area (Å²) in [4.78, 5) is 5.05. The molecule has 5 nitrogen and oxygen atoms in total. The molecule has 0 radical (unpaired) electrons. The number of aliphatic hydroxyl groups excluding tert-OH is 1. The summed E-state index contributed by atoms with van der Waals surface area (Å²) in [5.41, 5.74) is 0.588. The second-order valence-corrected chi connectivity index (χ2v) is 7.34. The van der Waals surface area contributed by atoms with Gasteiger partial charge in [0.15, 0.2) is 5.03 Å². The number of aliphatic hydroxyl groups is 1. The Labute approximate surface area is 122 Å². The van der Waals surface area contributed by atoms with E-state index in [1.165, 1.54) is 16.6 Å². The van der Waals surface area contributed by atoms with Crippen molar-refractivity contribution in [1.29, 1.82) is 0 Å². The molecule has 0 aliphatic carbocycles. The molecule has 0 saturated carbocycles. The van der Waals surface area contributed by atoms with Crippen LogP contribution in [0.2, 0.25) is 0 Å². The number of sulfonamides is 1. The molecule has 2 heterocycles. The zero-order valence-corrected chi connectivity index (χ0v) is 12.7. The molecule has 0 aromatic carbocycles. The number of hydrogen-bond donors (Lipinski definition) is 1. The van der Waals surface area contributed by atoms with Crippen LogP contribution >= 0.6 is 11.3 Å². The van der Waals surface area contributed by atoms with Gasteiger partial charge in [-0.1, -0.05) is 12.1 Å². The van der Waals surface area contributed by atoms with Gasteiger partial charge >= 0.3 is 0 Å². The van der Waals surface area contributed by atoms with Gasteiger partial charge in [0, 0.05) is 24.7 Å². The fourth-order valence-electron chi connectivity index (χ4n) is 1.66. The van der Waals surface area contributed by atoms with Gasteiger partial charge in [-0.2, -0.15) is 4.31 Å². The van der Waals surface area contributed by atoms with E-state index in [1.54, 1.807) is 24.5 Å². The molecule has 2 aromatic rings. The highest BCUT2D eigenvalue weighted by molar-refractivity contribution is 7.89. The number of likely N-dealkylation sites (N-methyl/N-ethyl adjacent to an activating group) is 1. The van der Waals surface area contributed by atoms with Crippen molar-refractivity contribution >= 4 is 21.4 Å². The van der Waals surface area contributed by atoms with E-state index in [0.717, 1.165) is 4.88 Å². The number of nitrogens with zero attached hydrogens (tertiary/aromatic N) is 2. The molecule has 0 fully saturated rings. The molecule has 1 N–H and O–H groups in total. The zero-order valence-electron chi connectivity index (χ0n) is 11.1. The Hall–Kier alpha value is -1.28. The van der Waals surface area contributed by atoms with Crippen molar-refractivity contribution in [2.45, 2.75) is 18.1 Å². The Morgan fingerprint density at radius 3 is 2.70 bits per heavy atom. The van der Waals surface area contributed by atoms with Crippen molar-refractivity contribution < 1.29 is 13.5 Å². The van der Waals surface area contributed by atoms with Crippen LogP contribution in [0.1, 0.15) is 10.4 Å². The first kappa shape index (κ1) is 15.1. The quantitative estimate of drug-likeness (QED) is 0.877. The van der Waals surface area contributed by atoms with Gasteiger partial charge < -0.3 is 5.11 Å². The second kappa shape index (κ2) is 6.45. The first-order valence-corrected chi connectivity index (χ1v) is 8.40. The molecule has 108 valence electrons. The van der Waals surface area contributed by atoms with E-state index in [0.29, 0.717) is 18.5 Å². The monoisotopic (exact) mass is 312 g/mol. The first-order chi connectivity index (χ1) is 9.54. The zero-order chi connectivity index (χ0) is 14.6. The number of rotatable bonds is 6. The predicted octanol–water partition coefficient (Wildman–Crippen LogP) is 1.50. The predicted molar refractivity (Wildman–Crippen MR) is 78.0 cm³/mol. The van der Waals surface area contributed by atoms with Gasteiger partial charge in [0.2, 0.25) is 0 Å². The highest BCUT2D eigenvalue weighted by Crippen LogP contribution is 2.15. The standard InChI is InChI=1S/C13H16N2O3S2/c1-15(7-6-12-3-2-8-19-12)20(17,18)13-5-4-11(10-16)9-14-13/h2-5,8-9,16H,6-7,10H2,1H3. The maximum atomic E-state index is 12.3. The van der Waals surface area contributed by atoms with E-state index in [4.69, 9.17) is 5.11 Å². The number of hydrogen-bond acceptors (Lipinski definition) is 5. The van der Waals surface area contributed by atoms with Crippen LogP contribution in [-0.2, 0) is 23.1 Å². The van der Waals surface area contributed by atoms with E-state index in [2.05, 4.69) is 4.98 Å². The third-order valence-corrected chi connectivity index (χ3v) is 5.62. The molecule has 0 atom stereocenters. The summed E-state index contributed by atoms with van der Waals surface area (Å²) in [6, 6.07) is 6.92. The molecular weight excluding hydrogens is 296 g/mol. The van der Waals surface area contributed by atoms with Crippen molar-refractivity contribution in [3.8, 4) is 0 Å². The van der Waals surface area contributed by atoms with Crippen LogP contribution in [0.25, 0.3) is 0 Å². The highest BCUT2D eigenvalue weighted by atomic mass is 32.2. The third kappa shape index (κ3) is 3.43. The molecule has 20 heavy (non-hydrogen) atoms. The van der Waals surface area contributed by atoms with Gasteiger partial charge in [-0.25, -0.2) is 13.4 Å². The highest BCUT2D eigenvalue weighted by Gasteiger charge is 2.21. The van der Waals surface area contributed by atoms with Crippen LogP contribution in [0, 0.1) is 0 Å². The molecule has 0 aliphatic heterocycles. The molecule has 0 aliphatic rings. The lowest BCUT2D eigenvalue weighted by Crippen LogP contribution is -2.29. The lowest BCUT2D eigenvalue weighted by Gasteiger charge is -2.16. The summed E-state index contributed by atoms with van der Waals surface area (Å²) in [6.45, 7) is 0.258. The van der Waals surface area contributed by atoms with Crippen molar-refractivity contribution in [3.05, 3.63) is 46.3 Å². The molecule has 0 amide bonds. The van der Waals surface area contributed by atoms with E-state index in [-0.39, 0.29) is 11.6 Å². The van der Waals surface area contributed by atoms with Gasteiger partial charge in [0.1, 0.15) is 0 Å². The minimum Gasteiger partial charge on any atom is -0.392 e. The summed E-state index contributed by atoms with van der Waals surface area (Å²) in [5, 5.41) is 10.9. The second-order valence-electron chi connectivity index (χ2n) is 4.32. The fourth-order valence-corrected chi connectivity index (χ4v) is 3.43. The van der Waals surface area contributed by atoms with Gasteiger partial charge in [0.25, 0.3) is 10.0 Å². The van der Waals surface area contributed by atoms with Gasteiger partial charge in [-0.15, -0.1) is 11.3 Å². The summed E-state index contributed by atoms with van der Waals surface area (Å²) >= 11 is 1.61. The topological polar surface area (TPSA) is 70.5 Å². The molecule has 7 heteroatoms. The minimum atomic E-state index is -3.57. The maximum Gasteiger partial charge on any atom is 0.260 e. The summed E-state index contributed by atoms with van der Waals surface area (Å²) in [5.74, 6) is 0.